The van der Waals surface area contributed by atoms with Gasteiger partial charge in [0.25, 0.3) is 5.91 Å². The Labute approximate surface area is 160 Å². The first-order valence-corrected chi connectivity index (χ1v) is 9.45. The van der Waals surface area contributed by atoms with E-state index in [1.54, 1.807) is 14.1 Å². The van der Waals surface area contributed by atoms with Crippen molar-refractivity contribution in [3.8, 4) is 0 Å². The highest BCUT2D eigenvalue weighted by Crippen LogP contribution is 2.24. The molecular weight excluding hydrogens is 342 g/mol. The number of rotatable bonds is 6. The predicted octanol–water partition coefficient (Wildman–Crippen LogP) is 1.38. The lowest BCUT2D eigenvalue weighted by molar-refractivity contribution is 0.0815. The predicted molar refractivity (Wildman–Crippen MR) is 105 cm³/mol. The zero-order valence-corrected chi connectivity index (χ0v) is 16.9. The molecule has 0 saturated carbocycles. The van der Waals surface area contributed by atoms with E-state index in [0.29, 0.717) is 6.04 Å². The number of hydrogen-bond donors (Lipinski definition) is 1. The Balaban J connectivity index is 1.68. The van der Waals surface area contributed by atoms with Crippen LogP contribution in [0.2, 0.25) is 0 Å². The van der Waals surface area contributed by atoms with Gasteiger partial charge in [-0.05, 0) is 27.2 Å². The molecular formula is C19H29N7O. The highest BCUT2D eigenvalue weighted by Gasteiger charge is 2.26. The van der Waals surface area contributed by atoms with Crippen LogP contribution in [0.1, 0.15) is 40.9 Å². The average Bonchev–Trinajstić information content (AvgIpc) is 3.30. The third-order valence-electron chi connectivity index (χ3n) is 5.07. The van der Waals surface area contributed by atoms with Crippen molar-refractivity contribution in [1.82, 2.24) is 29.7 Å². The Morgan fingerprint density at radius 3 is 2.78 bits per heavy atom. The van der Waals surface area contributed by atoms with Crippen molar-refractivity contribution >= 4 is 11.7 Å². The molecule has 1 aliphatic rings. The summed E-state index contributed by atoms with van der Waals surface area (Å²) in [6.45, 7) is 9.53. The minimum Gasteiger partial charge on any atom is -0.355 e. The standard InChI is InChI=1S/C19H29N7O/c1-6-25-10-16(21-12-25)9-20-15-7-8-26(11-15)18-13(2)14(3)22-17(23-18)19(27)24(4)5/h10,12,15,20H,6-9,11H2,1-5H3/t15-/m1/s1. The Kier molecular flexibility index (Phi) is 5.74. The van der Waals surface area contributed by atoms with E-state index in [4.69, 9.17) is 0 Å². The molecule has 1 N–H and O–H groups in total. The lowest BCUT2D eigenvalue weighted by Crippen LogP contribution is -2.33. The summed E-state index contributed by atoms with van der Waals surface area (Å²) in [6.07, 6.45) is 4.99. The Bertz CT molecular complexity index is 814. The third-order valence-corrected chi connectivity index (χ3v) is 5.07. The summed E-state index contributed by atoms with van der Waals surface area (Å²) < 4.78 is 2.08. The van der Waals surface area contributed by atoms with Gasteiger partial charge in [-0.1, -0.05) is 0 Å². The fraction of sp³-hybridized carbons (Fsp3) is 0.579. The van der Waals surface area contributed by atoms with E-state index in [2.05, 4.69) is 42.9 Å². The van der Waals surface area contributed by atoms with Crippen LogP contribution in [0.5, 0.6) is 0 Å². The zero-order chi connectivity index (χ0) is 19.6. The first-order valence-electron chi connectivity index (χ1n) is 9.45. The molecule has 146 valence electrons. The van der Waals surface area contributed by atoms with E-state index in [1.165, 1.54) is 4.90 Å². The summed E-state index contributed by atoms with van der Waals surface area (Å²) >= 11 is 0. The maximum Gasteiger partial charge on any atom is 0.291 e. The quantitative estimate of drug-likeness (QED) is 0.826. The maximum atomic E-state index is 12.3. The van der Waals surface area contributed by atoms with Crippen LogP contribution in [0.25, 0.3) is 0 Å². The fourth-order valence-electron chi connectivity index (χ4n) is 3.26. The normalized spacial score (nSPS) is 16.8. The van der Waals surface area contributed by atoms with Gasteiger partial charge in [-0.15, -0.1) is 0 Å². The van der Waals surface area contributed by atoms with Crippen molar-refractivity contribution in [3.63, 3.8) is 0 Å². The number of aryl methyl sites for hydroxylation is 2. The average molecular weight is 371 g/mol. The molecule has 0 unspecified atom stereocenters. The summed E-state index contributed by atoms with van der Waals surface area (Å²) in [5, 5.41) is 3.59. The zero-order valence-electron chi connectivity index (χ0n) is 16.9. The topological polar surface area (TPSA) is 79.2 Å². The first-order chi connectivity index (χ1) is 12.9. The maximum absolute atomic E-state index is 12.3. The van der Waals surface area contributed by atoms with Gasteiger partial charge in [0, 0.05) is 63.8 Å². The van der Waals surface area contributed by atoms with Gasteiger partial charge in [0.05, 0.1) is 12.0 Å². The van der Waals surface area contributed by atoms with E-state index >= 15 is 0 Å². The number of anilines is 1. The Hall–Kier alpha value is -2.48. The molecule has 0 bridgehead atoms. The number of carbonyl (C=O) groups excluding carboxylic acids is 1. The largest absolute Gasteiger partial charge is 0.355 e. The van der Waals surface area contributed by atoms with Gasteiger partial charge in [-0.3, -0.25) is 4.79 Å². The van der Waals surface area contributed by atoms with Gasteiger partial charge in [0.15, 0.2) is 0 Å². The molecule has 8 nitrogen and oxygen atoms in total. The second kappa shape index (κ2) is 8.04. The number of nitrogens with zero attached hydrogens (tertiary/aromatic N) is 6. The molecule has 1 atom stereocenters. The highest BCUT2D eigenvalue weighted by atomic mass is 16.2. The summed E-state index contributed by atoms with van der Waals surface area (Å²) in [5.41, 5.74) is 2.95. The third kappa shape index (κ3) is 4.27. The van der Waals surface area contributed by atoms with Gasteiger partial charge >= 0.3 is 0 Å². The number of carbonyl (C=O) groups is 1. The van der Waals surface area contributed by atoms with Gasteiger partial charge in [-0.2, -0.15) is 0 Å². The molecule has 2 aromatic rings. The first kappa shape index (κ1) is 19.3. The number of hydrogen-bond acceptors (Lipinski definition) is 6. The van der Waals surface area contributed by atoms with Crippen molar-refractivity contribution in [2.24, 2.45) is 0 Å². The molecule has 3 heterocycles. The molecule has 1 amide bonds. The van der Waals surface area contributed by atoms with Gasteiger partial charge < -0.3 is 19.7 Å². The van der Waals surface area contributed by atoms with E-state index in [0.717, 1.165) is 55.4 Å². The van der Waals surface area contributed by atoms with Crippen molar-refractivity contribution in [2.75, 3.05) is 32.1 Å². The Morgan fingerprint density at radius 2 is 2.11 bits per heavy atom. The molecule has 8 heteroatoms. The minimum absolute atomic E-state index is 0.167. The van der Waals surface area contributed by atoms with Crippen molar-refractivity contribution in [2.45, 2.75) is 46.3 Å². The van der Waals surface area contributed by atoms with Crippen molar-refractivity contribution in [1.29, 1.82) is 0 Å². The molecule has 2 aromatic heterocycles. The van der Waals surface area contributed by atoms with Gasteiger partial charge in [-0.25, -0.2) is 15.0 Å². The second-order valence-corrected chi connectivity index (χ2v) is 7.29. The summed E-state index contributed by atoms with van der Waals surface area (Å²) in [4.78, 5) is 29.4. The Morgan fingerprint density at radius 1 is 1.33 bits per heavy atom. The van der Waals surface area contributed by atoms with Crippen LogP contribution in [0.15, 0.2) is 12.5 Å². The molecule has 3 rings (SSSR count). The molecule has 1 saturated heterocycles. The summed E-state index contributed by atoms with van der Waals surface area (Å²) in [6, 6.07) is 0.374. The molecule has 0 aliphatic carbocycles. The smallest absolute Gasteiger partial charge is 0.291 e. The summed E-state index contributed by atoms with van der Waals surface area (Å²) in [5.74, 6) is 0.964. The second-order valence-electron chi connectivity index (χ2n) is 7.29. The van der Waals surface area contributed by atoms with E-state index in [-0.39, 0.29) is 11.7 Å². The van der Waals surface area contributed by atoms with Crippen LogP contribution in [-0.2, 0) is 13.1 Å². The monoisotopic (exact) mass is 371 g/mol. The molecule has 1 fully saturated rings. The lowest BCUT2D eigenvalue weighted by atomic mass is 10.2. The number of aromatic nitrogens is 4. The molecule has 1 aliphatic heterocycles. The van der Waals surface area contributed by atoms with Crippen LogP contribution < -0.4 is 10.2 Å². The van der Waals surface area contributed by atoms with Crippen LogP contribution in [0.3, 0.4) is 0 Å². The number of imidazole rings is 1. The van der Waals surface area contributed by atoms with E-state index < -0.39 is 0 Å². The van der Waals surface area contributed by atoms with Crippen LogP contribution in [-0.4, -0.2) is 63.6 Å². The van der Waals surface area contributed by atoms with Gasteiger partial charge in [0.1, 0.15) is 5.82 Å². The minimum atomic E-state index is -0.167. The van der Waals surface area contributed by atoms with Gasteiger partial charge in [0.2, 0.25) is 5.82 Å². The van der Waals surface area contributed by atoms with Crippen molar-refractivity contribution in [3.05, 3.63) is 35.3 Å². The molecule has 0 radical (unpaired) electrons. The summed E-state index contributed by atoms with van der Waals surface area (Å²) in [7, 11) is 3.44. The SMILES string of the molecule is CCn1cnc(CN[C@@H]2CCN(c3nc(C(=O)N(C)C)nc(C)c3C)C2)c1. The molecule has 0 spiro atoms. The molecule has 0 aromatic carbocycles. The van der Waals surface area contributed by atoms with Crippen LogP contribution in [0.4, 0.5) is 5.82 Å². The number of amides is 1. The van der Waals surface area contributed by atoms with Crippen LogP contribution in [0, 0.1) is 13.8 Å². The number of nitrogens with one attached hydrogen (secondary N) is 1. The lowest BCUT2D eigenvalue weighted by Gasteiger charge is -2.22. The van der Waals surface area contributed by atoms with Crippen molar-refractivity contribution < 1.29 is 4.79 Å². The fourth-order valence-corrected chi connectivity index (χ4v) is 3.26. The van der Waals surface area contributed by atoms with Crippen LogP contribution >= 0.6 is 0 Å². The highest BCUT2D eigenvalue weighted by molar-refractivity contribution is 5.90. The molecule has 27 heavy (non-hydrogen) atoms. The van der Waals surface area contributed by atoms with E-state index in [9.17, 15) is 4.79 Å². The van der Waals surface area contributed by atoms with E-state index in [1.807, 2.05) is 20.2 Å².